The highest BCUT2D eigenvalue weighted by Crippen LogP contribution is 2.42. The van der Waals surface area contributed by atoms with Gasteiger partial charge in [-0.1, -0.05) is 12.1 Å². The minimum absolute atomic E-state index is 0.127. The van der Waals surface area contributed by atoms with E-state index in [0.717, 1.165) is 18.0 Å². The summed E-state index contributed by atoms with van der Waals surface area (Å²) in [5, 5.41) is 0. The molecule has 0 radical (unpaired) electrons. The van der Waals surface area contributed by atoms with Gasteiger partial charge in [0, 0.05) is 42.9 Å². The highest BCUT2D eigenvalue weighted by molar-refractivity contribution is 7.90. The summed E-state index contributed by atoms with van der Waals surface area (Å²) in [6.45, 7) is 6.87. The molecule has 0 atom stereocenters. The van der Waals surface area contributed by atoms with E-state index in [1.165, 1.54) is 17.6 Å². The lowest BCUT2D eigenvalue weighted by Gasteiger charge is -2.22. The molecule has 1 aliphatic carbocycles. The van der Waals surface area contributed by atoms with Crippen molar-refractivity contribution < 1.29 is 26.0 Å². The van der Waals surface area contributed by atoms with Gasteiger partial charge in [0.1, 0.15) is 11.5 Å². The predicted octanol–water partition coefficient (Wildman–Crippen LogP) is 6.57. The largest absolute Gasteiger partial charge is 0.440 e. The van der Waals surface area contributed by atoms with Crippen LogP contribution in [0, 0.1) is 13.8 Å². The molecule has 12 heteroatoms. The Hall–Kier alpha value is -4.19. The number of oxazole rings is 1. The first-order valence-corrected chi connectivity index (χ1v) is 15.1. The van der Waals surface area contributed by atoms with Crippen LogP contribution < -0.4 is 5.56 Å². The number of hydrogen-bond acceptors (Lipinski definition) is 6. The van der Waals surface area contributed by atoms with E-state index < -0.39 is 21.7 Å². The van der Waals surface area contributed by atoms with Crippen LogP contribution in [0.3, 0.4) is 0 Å². The molecule has 220 valence electrons. The number of sulfone groups is 1. The standard InChI is InChI=1S/C30H29F3N4O4S/c1-17(2)36-13-7-10-23(29(36)38)28-27(35-19(4)41-28)24-15-21(20-8-6-9-22(14-20)42(5,39)40)11-12-25(24)37-16-26(30(31,32)33)34-18(37)3/h6-10,13-17H,11-12H2,1-5H3. The Labute approximate surface area is 240 Å². The van der Waals surface area contributed by atoms with Crippen LogP contribution in [0.4, 0.5) is 13.2 Å². The molecule has 0 saturated carbocycles. The maximum atomic E-state index is 13.6. The van der Waals surface area contributed by atoms with Crippen LogP contribution in [0.1, 0.15) is 61.4 Å². The van der Waals surface area contributed by atoms with Gasteiger partial charge in [0.2, 0.25) is 0 Å². The number of nitrogens with zero attached hydrogens (tertiary/aromatic N) is 4. The molecule has 0 N–H and O–H groups in total. The van der Waals surface area contributed by atoms with Crippen LogP contribution in [0.25, 0.3) is 28.2 Å². The highest BCUT2D eigenvalue weighted by Gasteiger charge is 2.35. The molecule has 0 amide bonds. The summed E-state index contributed by atoms with van der Waals surface area (Å²) in [5.41, 5.74) is 1.57. The van der Waals surface area contributed by atoms with Gasteiger partial charge >= 0.3 is 6.18 Å². The third kappa shape index (κ3) is 5.50. The zero-order valence-electron chi connectivity index (χ0n) is 23.7. The van der Waals surface area contributed by atoms with Crippen LogP contribution in [-0.2, 0) is 16.0 Å². The molecular formula is C30H29F3N4O4S. The van der Waals surface area contributed by atoms with Crippen molar-refractivity contribution in [2.75, 3.05) is 6.26 Å². The van der Waals surface area contributed by atoms with Crippen molar-refractivity contribution in [3.05, 3.63) is 93.9 Å². The second kappa shape index (κ2) is 10.6. The zero-order valence-corrected chi connectivity index (χ0v) is 24.5. The van der Waals surface area contributed by atoms with Gasteiger partial charge in [-0.3, -0.25) is 4.79 Å². The van der Waals surface area contributed by atoms with Gasteiger partial charge in [0.15, 0.2) is 27.2 Å². The Kier molecular flexibility index (Phi) is 7.38. The summed E-state index contributed by atoms with van der Waals surface area (Å²) in [5.74, 6) is 0.592. The smallest absolute Gasteiger partial charge is 0.434 e. The second-order valence-corrected chi connectivity index (χ2v) is 12.5. The fourth-order valence-electron chi connectivity index (χ4n) is 5.09. The van der Waals surface area contributed by atoms with E-state index in [9.17, 15) is 26.4 Å². The van der Waals surface area contributed by atoms with Gasteiger partial charge in [-0.25, -0.2) is 18.4 Å². The van der Waals surface area contributed by atoms with Crippen molar-refractivity contribution in [1.29, 1.82) is 0 Å². The summed E-state index contributed by atoms with van der Waals surface area (Å²) in [7, 11) is -3.48. The molecule has 0 fully saturated rings. The molecule has 4 aromatic rings. The van der Waals surface area contributed by atoms with E-state index in [0.29, 0.717) is 28.9 Å². The maximum Gasteiger partial charge on any atom is 0.434 e. The van der Waals surface area contributed by atoms with Crippen molar-refractivity contribution in [2.45, 2.75) is 57.7 Å². The third-order valence-electron chi connectivity index (χ3n) is 7.12. The molecule has 0 unspecified atom stereocenters. The van der Waals surface area contributed by atoms with Gasteiger partial charge in [0.05, 0.1) is 10.5 Å². The molecule has 0 bridgehead atoms. The number of imidazole rings is 1. The number of aryl methyl sites for hydroxylation is 2. The van der Waals surface area contributed by atoms with E-state index in [4.69, 9.17) is 4.42 Å². The van der Waals surface area contributed by atoms with Gasteiger partial charge in [-0.05, 0) is 75.1 Å². The van der Waals surface area contributed by atoms with Crippen LogP contribution >= 0.6 is 0 Å². The molecule has 8 nitrogen and oxygen atoms in total. The van der Waals surface area contributed by atoms with Crippen molar-refractivity contribution in [3.63, 3.8) is 0 Å². The molecule has 0 spiro atoms. The molecule has 3 heterocycles. The lowest BCUT2D eigenvalue weighted by Crippen LogP contribution is -2.22. The van der Waals surface area contributed by atoms with Crippen molar-refractivity contribution in [3.8, 4) is 11.3 Å². The number of alkyl halides is 3. The quantitative estimate of drug-likeness (QED) is 0.249. The molecule has 3 aromatic heterocycles. The van der Waals surface area contributed by atoms with Crippen LogP contribution in [-0.4, -0.2) is 33.8 Å². The van der Waals surface area contributed by atoms with Crippen LogP contribution in [0.15, 0.2) is 69.0 Å². The average molecular weight is 599 g/mol. The van der Waals surface area contributed by atoms with E-state index >= 15 is 0 Å². The first kappa shape index (κ1) is 29.3. The van der Waals surface area contributed by atoms with Crippen molar-refractivity contribution in [2.24, 2.45) is 0 Å². The number of aromatic nitrogens is 4. The van der Waals surface area contributed by atoms with Crippen molar-refractivity contribution in [1.82, 2.24) is 19.1 Å². The summed E-state index contributed by atoms with van der Waals surface area (Å²) in [4.78, 5) is 21.9. The highest BCUT2D eigenvalue weighted by atomic mass is 32.2. The summed E-state index contributed by atoms with van der Waals surface area (Å²) < 4.78 is 74.2. The van der Waals surface area contributed by atoms with E-state index in [2.05, 4.69) is 9.97 Å². The van der Waals surface area contributed by atoms with Gasteiger partial charge in [-0.15, -0.1) is 0 Å². The lowest BCUT2D eigenvalue weighted by molar-refractivity contribution is -0.141. The predicted molar refractivity (Wildman–Crippen MR) is 153 cm³/mol. The Bertz CT molecular complexity index is 1930. The number of benzene rings is 1. The summed E-state index contributed by atoms with van der Waals surface area (Å²) in [6, 6.07) is 9.72. The molecule has 0 saturated heterocycles. The normalized spacial score (nSPS) is 14.5. The molecular weight excluding hydrogens is 569 g/mol. The summed E-state index contributed by atoms with van der Waals surface area (Å²) >= 11 is 0. The molecule has 1 aliphatic rings. The zero-order chi connectivity index (χ0) is 30.6. The molecule has 42 heavy (non-hydrogen) atoms. The summed E-state index contributed by atoms with van der Waals surface area (Å²) in [6.07, 6.45) is 1.58. The molecule has 0 aliphatic heterocycles. The Morgan fingerprint density at radius 1 is 1.05 bits per heavy atom. The molecule has 5 rings (SSSR count). The second-order valence-electron chi connectivity index (χ2n) is 10.5. The number of pyridine rings is 1. The first-order chi connectivity index (χ1) is 19.6. The first-order valence-electron chi connectivity index (χ1n) is 13.2. The van der Waals surface area contributed by atoms with E-state index in [1.807, 2.05) is 13.8 Å². The average Bonchev–Trinajstić information content (AvgIpc) is 3.50. The van der Waals surface area contributed by atoms with Crippen LogP contribution in [0.2, 0.25) is 0 Å². The maximum absolute atomic E-state index is 13.6. The fourth-order valence-corrected chi connectivity index (χ4v) is 5.76. The minimum Gasteiger partial charge on any atom is -0.440 e. The minimum atomic E-state index is -4.64. The Balaban J connectivity index is 1.79. The molecule has 1 aromatic carbocycles. The van der Waals surface area contributed by atoms with Gasteiger partial charge < -0.3 is 13.6 Å². The monoisotopic (exact) mass is 598 g/mol. The topological polar surface area (TPSA) is 100.0 Å². The number of allylic oxidation sites excluding steroid dienone is 4. The van der Waals surface area contributed by atoms with Gasteiger partial charge in [0.25, 0.3) is 5.56 Å². The Morgan fingerprint density at radius 3 is 2.43 bits per heavy atom. The lowest BCUT2D eigenvalue weighted by atomic mass is 9.89. The van der Waals surface area contributed by atoms with Crippen molar-refractivity contribution >= 4 is 26.7 Å². The van der Waals surface area contributed by atoms with E-state index in [1.54, 1.807) is 54.1 Å². The SMILES string of the molecule is Cc1nc(C2=C(n3cc(C(F)(F)F)nc3C)CCC(c3cccc(S(C)(=O)=O)c3)=C2)c(-c2cccn(C(C)C)c2=O)o1. The Morgan fingerprint density at radius 2 is 1.79 bits per heavy atom. The fraction of sp³-hybridized carbons (Fsp3) is 0.300. The van der Waals surface area contributed by atoms with Gasteiger partial charge in [-0.2, -0.15) is 13.2 Å². The number of rotatable bonds is 6. The van der Waals surface area contributed by atoms with E-state index in [-0.39, 0.29) is 46.0 Å². The van der Waals surface area contributed by atoms with Crippen LogP contribution in [0.5, 0.6) is 0 Å². The number of hydrogen-bond donors (Lipinski definition) is 0. The number of halogens is 3. The third-order valence-corrected chi connectivity index (χ3v) is 8.23.